The number of rotatable bonds is 7. The molecule has 5 rings (SSSR count). The van der Waals surface area contributed by atoms with Crippen LogP contribution in [0.4, 0.5) is 0 Å². The van der Waals surface area contributed by atoms with Crippen LogP contribution >= 0.6 is 23.4 Å². The van der Waals surface area contributed by atoms with Gasteiger partial charge in [0.2, 0.25) is 11.5 Å². The van der Waals surface area contributed by atoms with Crippen LogP contribution in [-0.2, 0) is 22.6 Å². The molecule has 1 amide bonds. The van der Waals surface area contributed by atoms with Gasteiger partial charge in [0.15, 0.2) is 5.16 Å². The molecule has 1 aliphatic heterocycles. The first-order chi connectivity index (χ1) is 16.1. The van der Waals surface area contributed by atoms with Gasteiger partial charge in [-0.15, -0.1) is 0 Å². The second-order valence-electron chi connectivity index (χ2n) is 7.88. The zero-order valence-corrected chi connectivity index (χ0v) is 19.3. The standard InChI is InChI=1S/C24H22ClN3O4S/c25-18-9-3-1-6-15(18)12-26-20(29)14-33-24-27-21-17-8-2-4-10-19(17)32-22(21)23(30)28(24)13-16-7-5-11-31-16/h1-4,6,8-10,16H,5,7,11-14H2,(H,26,29)/t16-/m0/s1. The van der Waals surface area contributed by atoms with Crippen molar-refractivity contribution in [1.82, 2.24) is 14.9 Å². The first-order valence-electron chi connectivity index (χ1n) is 10.8. The maximum Gasteiger partial charge on any atom is 0.297 e. The summed E-state index contributed by atoms with van der Waals surface area (Å²) in [6.45, 7) is 1.40. The van der Waals surface area contributed by atoms with Crippen LogP contribution in [0.2, 0.25) is 5.02 Å². The molecule has 0 aliphatic carbocycles. The number of para-hydroxylation sites is 1. The van der Waals surface area contributed by atoms with E-state index in [1.54, 1.807) is 10.6 Å². The number of hydrogen-bond donors (Lipinski definition) is 1. The Bertz CT molecular complexity index is 1380. The van der Waals surface area contributed by atoms with Gasteiger partial charge < -0.3 is 14.5 Å². The molecule has 0 radical (unpaired) electrons. The summed E-state index contributed by atoms with van der Waals surface area (Å²) in [6.07, 6.45) is 1.79. The summed E-state index contributed by atoms with van der Waals surface area (Å²) in [7, 11) is 0. The number of halogens is 1. The topological polar surface area (TPSA) is 86.4 Å². The number of hydrogen-bond acceptors (Lipinski definition) is 6. The molecular formula is C24H22ClN3O4S. The van der Waals surface area contributed by atoms with E-state index < -0.39 is 0 Å². The Kier molecular flexibility index (Phi) is 6.39. The average molecular weight is 484 g/mol. The maximum atomic E-state index is 13.3. The van der Waals surface area contributed by atoms with Crippen molar-refractivity contribution in [2.45, 2.75) is 37.2 Å². The highest BCUT2D eigenvalue weighted by molar-refractivity contribution is 7.99. The van der Waals surface area contributed by atoms with E-state index in [-0.39, 0.29) is 28.9 Å². The predicted molar refractivity (Wildman–Crippen MR) is 129 cm³/mol. The van der Waals surface area contributed by atoms with E-state index >= 15 is 0 Å². The van der Waals surface area contributed by atoms with Gasteiger partial charge in [-0.25, -0.2) is 4.98 Å². The van der Waals surface area contributed by atoms with Crippen LogP contribution < -0.4 is 10.9 Å². The van der Waals surface area contributed by atoms with E-state index in [9.17, 15) is 9.59 Å². The monoisotopic (exact) mass is 483 g/mol. The molecule has 33 heavy (non-hydrogen) atoms. The predicted octanol–water partition coefficient (Wildman–Crippen LogP) is 4.38. The van der Waals surface area contributed by atoms with Gasteiger partial charge in [0.1, 0.15) is 11.1 Å². The van der Waals surface area contributed by atoms with E-state index in [0.717, 1.165) is 23.8 Å². The van der Waals surface area contributed by atoms with E-state index in [0.29, 0.717) is 41.0 Å². The molecular weight excluding hydrogens is 462 g/mol. The van der Waals surface area contributed by atoms with Crippen molar-refractivity contribution in [3.05, 3.63) is 69.5 Å². The Balaban J connectivity index is 1.41. The summed E-state index contributed by atoms with van der Waals surface area (Å²) in [5.74, 6) is -0.0565. The fourth-order valence-corrected chi connectivity index (χ4v) is 4.97. The third-order valence-electron chi connectivity index (χ3n) is 5.62. The van der Waals surface area contributed by atoms with Gasteiger partial charge in [0.05, 0.1) is 18.4 Å². The van der Waals surface area contributed by atoms with Crippen LogP contribution in [-0.4, -0.2) is 33.9 Å². The Labute approximate surface area is 199 Å². The molecule has 1 N–H and O–H groups in total. The van der Waals surface area contributed by atoms with E-state index in [1.807, 2.05) is 42.5 Å². The molecule has 1 fully saturated rings. The Hall–Kier alpha value is -2.81. The number of aromatic nitrogens is 2. The number of nitrogens with zero attached hydrogens (tertiary/aromatic N) is 2. The quantitative estimate of drug-likeness (QED) is 0.310. The fourth-order valence-electron chi connectivity index (χ4n) is 3.93. The molecule has 2 aromatic carbocycles. The number of thioether (sulfide) groups is 1. The van der Waals surface area contributed by atoms with Crippen LogP contribution in [0.15, 0.2) is 62.9 Å². The first-order valence-corrected chi connectivity index (χ1v) is 12.1. The summed E-state index contributed by atoms with van der Waals surface area (Å²) < 4.78 is 13.1. The summed E-state index contributed by atoms with van der Waals surface area (Å²) >= 11 is 7.40. The molecule has 0 spiro atoms. The summed E-state index contributed by atoms with van der Waals surface area (Å²) in [4.78, 5) is 30.6. The number of fused-ring (bicyclic) bond motifs is 3. The molecule has 0 saturated carbocycles. The number of carbonyl (C=O) groups is 1. The number of benzene rings is 2. The number of amides is 1. The minimum atomic E-state index is -0.259. The molecule has 1 aliphatic rings. The first kappa shape index (κ1) is 22.0. The van der Waals surface area contributed by atoms with Crippen LogP contribution in [0.1, 0.15) is 18.4 Å². The molecule has 2 aromatic heterocycles. The molecule has 1 saturated heterocycles. The van der Waals surface area contributed by atoms with Crippen LogP contribution in [0.3, 0.4) is 0 Å². The minimum absolute atomic E-state index is 0.0558. The zero-order chi connectivity index (χ0) is 22.8. The van der Waals surface area contributed by atoms with Crippen LogP contribution in [0.5, 0.6) is 0 Å². The molecule has 1 atom stereocenters. The van der Waals surface area contributed by atoms with E-state index in [1.165, 1.54) is 11.8 Å². The van der Waals surface area contributed by atoms with Crippen molar-refractivity contribution in [2.24, 2.45) is 0 Å². The lowest BCUT2D eigenvalue weighted by Crippen LogP contribution is -2.29. The minimum Gasteiger partial charge on any atom is -0.448 e. The molecule has 0 bridgehead atoms. The molecule has 0 unspecified atom stereocenters. The highest BCUT2D eigenvalue weighted by Crippen LogP contribution is 2.28. The largest absolute Gasteiger partial charge is 0.448 e. The van der Waals surface area contributed by atoms with Crippen molar-refractivity contribution in [2.75, 3.05) is 12.4 Å². The van der Waals surface area contributed by atoms with Gasteiger partial charge in [-0.3, -0.25) is 14.2 Å². The van der Waals surface area contributed by atoms with Crippen LogP contribution in [0, 0.1) is 0 Å². The highest BCUT2D eigenvalue weighted by atomic mass is 35.5. The summed E-state index contributed by atoms with van der Waals surface area (Å²) in [5.41, 5.74) is 1.93. The Morgan fingerprint density at radius 2 is 2.03 bits per heavy atom. The van der Waals surface area contributed by atoms with Crippen LogP contribution in [0.25, 0.3) is 22.1 Å². The second kappa shape index (κ2) is 9.59. The number of furan rings is 1. The Morgan fingerprint density at radius 3 is 2.85 bits per heavy atom. The van der Waals surface area contributed by atoms with Gasteiger partial charge in [-0.2, -0.15) is 0 Å². The third-order valence-corrected chi connectivity index (χ3v) is 6.97. The van der Waals surface area contributed by atoms with E-state index in [4.69, 9.17) is 25.7 Å². The molecule has 3 heterocycles. The molecule has 9 heteroatoms. The summed E-state index contributed by atoms with van der Waals surface area (Å²) in [5, 5.41) is 4.73. The van der Waals surface area contributed by atoms with Crippen molar-refractivity contribution in [3.63, 3.8) is 0 Å². The lowest BCUT2D eigenvalue weighted by Gasteiger charge is -2.15. The fraction of sp³-hybridized carbons (Fsp3) is 0.292. The van der Waals surface area contributed by atoms with Gasteiger partial charge in [-0.05, 0) is 36.6 Å². The zero-order valence-electron chi connectivity index (χ0n) is 17.8. The molecule has 170 valence electrons. The molecule has 4 aromatic rings. The number of carbonyl (C=O) groups excluding carboxylic acids is 1. The van der Waals surface area contributed by atoms with Crippen molar-refractivity contribution >= 4 is 51.3 Å². The normalized spacial score (nSPS) is 16.0. The van der Waals surface area contributed by atoms with Crippen molar-refractivity contribution in [1.29, 1.82) is 0 Å². The number of nitrogens with one attached hydrogen (secondary N) is 1. The van der Waals surface area contributed by atoms with E-state index in [2.05, 4.69) is 5.32 Å². The van der Waals surface area contributed by atoms with Crippen molar-refractivity contribution < 1.29 is 13.9 Å². The SMILES string of the molecule is O=C(CSc1nc2c(oc3ccccc32)c(=O)n1C[C@@H]1CCCO1)NCc1ccccc1Cl. The average Bonchev–Trinajstić information content (AvgIpc) is 3.47. The third kappa shape index (κ3) is 4.64. The lowest BCUT2D eigenvalue weighted by atomic mass is 10.2. The molecule has 7 nitrogen and oxygen atoms in total. The van der Waals surface area contributed by atoms with Crippen molar-refractivity contribution in [3.8, 4) is 0 Å². The maximum absolute atomic E-state index is 13.3. The van der Waals surface area contributed by atoms with Gasteiger partial charge >= 0.3 is 0 Å². The van der Waals surface area contributed by atoms with Gasteiger partial charge in [0, 0.05) is 23.6 Å². The van der Waals surface area contributed by atoms with Gasteiger partial charge in [0.25, 0.3) is 5.56 Å². The Morgan fingerprint density at radius 1 is 1.21 bits per heavy atom. The highest BCUT2D eigenvalue weighted by Gasteiger charge is 2.23. The smallest absolute Gasteiger partial charge is 0.297 e. The lowest BCUT2D eigenvalue weighted by molar-refractivity contribution is -0.118. The van der Waals surface area contributed by atoms with Gasteiger partial charge in [-0.1, -0.05) is 53.7 Å². The second-order valence-corrected chi connectivity index (χ2v) is 9.23. The number of ether oxygens (including phenoxy) is 1. The summed E-state index contributed by atoms with van der Waals surface area (Å²) in [6, 6.07) is 14.8.